The highest BCUT2D eigenvalue weighted by atomic mass is 16.5. The molecule has 1 aliphatic rings. The van der Waals surface area contributed by atoms with Gasteiger partial charge in [0.15, 0.2) is 0 Å². The molecule has 1 fully saturated rings. The van der Waals surface area contributed by atoms with Crippen molar-refractivity contribution in [2.24, 2.45) is 5.73 Å². The summed E-state index contributed by atoms with van der Waals surface area (Å²) in [6.45, 7) is 0.862. The predicted octanol–water partition coefficient (Wildman–Crippen LogP) is 2.28. The molecule has 3 N–H and O–H groups in total. The number of nitriles is 2. The van der Waals surface area contributed by atoms with Crippen LogP contribution >= 0.6 is 0 Å². The maximum Gasteiger partial charge on any atom is 0.241 e. The number of carbonyl (C=O) groups is 1. The second kappa shape index (κ2) is 8.67. The van der Waals surface area contributed by atoms with Gasteiger partial charge < -0.3 is 15.8 Å². The van der Waals surface area contributed by atoms with Gasteiger partial charge in [0.25, 0.3) is 0 Å². The molecule has 0 radical (unpaired) electrons. The maximum atomic E-state index is 12.6. The van der Waals surface area contributed by atoms with Gasteiger partial charge in [-0.2, -0.15) is 10.5 Å². The Hall–Kier alpha value is -3.19. The Morgan fingerprint density at radius 1 is 1.14 bits per heavy atom. The average Bonchev–Trinajstić information content (AvgIpc) is 2.74. The summed E-state index contributed by atoms with van der Waals surface area (Å²) in [7, 11) is 0. The van der Waals surface area contributed by atoms with Crippen molar-refractivity contribution >= 4 is 5.91 Å². The van der Waals surface area contributed by atoms with Crippen molar-refractivity contribution in [3.05, 3.63) is 59.7 Å². The molecule has 1 heterocycles. The van der Waals surface area contributed by atoms with Crippen LogP contribution < -0.4 is 11.1 Å². The van der Waals surface area contributed by atoms with Crippen LogP contribution in [0.3, 0.4) is 0 Å². The Bertz CT molecular complexity index is 922. The van der Waals surface area contributed by atoms with Gasteiger partial charge in [-0.15, -0.1) is 0 Å². The Morgan fingerprint density at radius 2 is 1.86 bits per heavy atom. The number of hydrogen-bond donors (Lipinski definition) is 2. The third kappa shape index (κ3) is 4.37. The van der Waals surface area contributed by atoms with Gasteiger partial charge in [-0.3, -0.25) is 4.79 Å². The molecule has 142 valence electrons. The summed E-state index contributed by atoms with van der Waals surface area (Å²) < 4.78 is 5.26. The standard InChI is InChI=1S/C22H22N4O2/c23-14-19-12-17(16-4-2-1-3-5-16)6-7-18(19)13-20(15-24)26-21(27)22(25)8-10-28-11-9-22/h1-7,12,20H,8-11,13,25H2,(H,26,27)/t20-/m0/s1. The fourth-order valence-electron chi connectivity index (χ4n) is 3.28. The minimum Gasteiger partial charge on any atom is -0.381 e. The maximum absolute atomic E-state index is 12.6. The highest BCUT2D eigenvalue weighted by Crippen LogP contribution is 2.23. The first kappa shape index (κ1) is 19.6. The summed E-state index contributed by atoms with van der Waals surface area (Å²) >= 11 is 0. The van der Waals surface area contributed by atoms with Gasteiger partial charge in [0, 0.05) is 19.6 Å². The molecule has 0 bridgehead atoms. The summed E-state index contributed by atoms with van der Waals surface area (Å²) in [6.07, 6.45) is 1.09. The Morgan fingerprint density at radius 3 is 2.50 bits per heavy atom. The lowest BCUT2D eigenvalue weighted by Gasteiger charge is -2.32. The summed E-state index contributed by atoms with van der Waals surface area (Å²) in [5.74, 6) is -0.346. The van der Waals surface area contributed by atoms with E-state index in [1.54, 1.807) is 0 Å². The van der Waals surface area contributed by atoms with E-state index in [-0.39, 0.29) is 12.3 Å². The molecule has 1 aliphatic heterocycles. The van der Waals surface area contributed by atoms with E-state index in [2.05, 4.69) is 17.5 Å². The van der Waals surface area contributed by atoms with Crippen molar-refractivity contribution in [1.82, 2.24) is 5.32 Å². The Labute approximate surface area is 164 Å². The summed E-state index contributed by atoms with van der Waals surface area (Å²) in [6, 6.07) is 18.9. The molecular weight excluding hydrogens is 352 g/mol. The van der Waals surface area contributed by atoms with Crippen LogP contribution in [-0.2, 0) is 16.0 Å². The number of nitrogens with two attached hydrogens (primary N) is 1. The fourth-order valence-corrected chi connectivity index (χ4v) is 3.28. The second-order valence-corrected chi connectivity index (χ2v) is 6.98. The van der Waals surface area contributed by atoms with Crippen LogP contribution in [0.15, 0.2) is 48.5 Å². The number of nitrogens with one attached hydrogen (secondary N) is 1. The molecule has 0 unspecified atom stereocenters. The van der Waals surface area contributed by atoms with E-state index in [4.69, 9.17) is 10.5 Å². The van der Waals surface area contributed by atoms with E-state index in [1.165, 1.54) is 0 Å². The van der Waals surface area contributed by atoms with Gasteiger partial charge in [-0.1, -0.05) is 42.5 Å². The van der Waals surface area contributed by atoms with Crippen LogP contribution in [0.5, 0.6) is 0 Å². The number of carbonyl (C=O) groups excluding carboxylic acids is 1. The Balaban J connectivity index is 1.75. The van der Waals surface area contributed by atoms with Gasteiger partial charge in [0.1, 0.15) is 6.04 Å². The molecule has 6 heteroatoms. The van der Waals surface area contributed by atoms with E-state index >= 15 is 0 Å². The molecule has 1 atom stereocenters. The molecule has 2 aromatic rings. The van der Waals surface area contributed by atoms with Crippen LogP contribution in [-0.4, -0.2) is 30.7 Å². The fraction of sp³-hybridized carbons (Fsp3) is 0.318. The SMILES string of the molecule is N#Cc1cc(-c2ccccc2)ccc1C[C@@H](C#N)NC(=O)C1(N)CCOCC1. The number of rotatable bonds is 5. The van der Waals surface area contributed by atoms with Crippen LogP contribution in [0, 0.1) is 22.7 Å². The molecule has 0 aliphatic carbocycles. The first-order valence-corrected chi connectivity index (χ1v) is 9.21. The first-order valence-electron chi connectivity index (χ1n) is 9.21. The average molecular weight is 374 g/mol. The normalized spacial score (nSPS) is 16.4. The van der Waals surface area contributed by atoms with Crippen LogP contribution in [0.2, 0.25) is 0 Å². The van der Waals surface area contributed by atoms with Crippen molar-refractivity contribution in [2.75, 3.05) is 13.2 Å². The van der Waals surface area contributed by atoms with Crippen molar-refractivity contribution < 1.29 is 9.53 Å². The molecule has 0 aromatic heterocycles. The molecule has 0 saturated carbocycles. The van der Waals surface area contributed by atoms with Gasteiger partial charge >= 0.3 is 0 Å². The highest BCUT2D eigenvalue weighted by molar-refractivity contribution is 5.86. The number of amides is 1. The third-order valence-electron chi connectivity index (χ3n) is 5.06. The number of hydrogen-bond acceptors (Lipinski definition) is 5. The quantitative estimate of drug-likeness (QED) is 0.834. The van der Waals surface area contributed by atoms with Crippen molar-refractivity contribution in [3.63, 3.8) is 0 Å². The third-order valence-corrected chi connectivity index (χ3v) is 5.06. The summed E-state index contributed by atoms with van der Waals surface area (Å²) in [4.78, 5) is 12.6. The summed E-state index contributed by atoms with van der Waals surface area (Å²) in [5, 5.41) is 21.8. The second-order valence-electron chi connectivity index (χ2n) is 6.98. The smallest absolute Gasteiger partial charge is 0.241 e. The largest absolute Gasteiger partial charge is 0.381 e. The zero-order valence-corrected chi connectivity index (χ0v) is 15.5. The van der Waals surface area contributed by atoms with E-state index in [0.29, 0.717) is 37.2 Å². The highest BCUT2D eigenvalue weighted by Gasteiger charge is 2.36. The molecule has 2 aromatic carbocycles. The monoisotopic (exact) mass is 374 g/mol. The molecule has 1 amide bonds. The van der Waals surface area contributed by atoms with Crippen LogP contribution in [0.1, 0.15) is 24.0 Å². The van der Waals surface area contributed by atoms with Crippen molar-refractivity contribution in [2.45, 2.75) is 30.8 Å². The van der Waals surface area contributed by atoms with Gasteiger partial charge in [0.2, 0.25) is 5.91 Å². The van der Waals surface area contributed by atoms with Crippen molar-refractivity contribution in [1.29, 1.82) is 10.5 Å². The predicted molar refractivity (Wildman–Crippen MR) is 105 cm³/mol. The van der Waals surface area contributed by atoms with E-state index < -0.39 is 11.6 Å². The van der Waals surface area contributed by atoms with E-state index in [9.17, 15) is 15.3 Å². The number of nitrogens with zero attached hydrogens (tertiary/aromatic N) is 2. The lowest BCUT2D eigenvalue weighted by atomic mass is 9.89. The molecule has 0 spiro atoms. The van der Waals surface area contributed by atoms with Gasteiger partial charge in [-0.25, -0.2) is 0 Å². The zero-order valence-electron chi connectivity index (χ0n) is 15.5. The minimum atomic E-state index is -1.01. The van der Waals surface area contributed by atoms with Crippen LogP contribution in [0.4, 0.5) is 0 Å². The van der Waals surface area contributed by atoms with Crippen molar-refractivity contribution in [3.8, 4) is 23.3 Å². The lowest BCUT2D eigenvalue weighted by molar-refractivity contribution is -0.130. The first-order chi connectivity index (χ1) is 13.6. The van der Waals surface area contributed by atoms with Gasteiger partial charge in [-0.05, 0) is 35.6 Å². The zero-order chi connectivity index (χ0) is 20.0. The molecular formula is C22H22N4O2. The molecule has 28 heavy (non-hydrogen) atoms. The molecule has 3 rings (SSSR count). The number of ether oxygens (including phenoxy) is 1. The molecule has 1 saturated heterocycles. The summed E-state index contributed by atoms with van der Waals surface area (Å²) in [5.41, 5.74) is 8.33. The van der Waals surface area contributed by atoms with E-state index in [0.717, 1.165) is 11.1 Å². The van der Waals surface area contributed by atoms with Gasteiger partial charge in [0.05, 0.1) is 23.2 Å². The topological polar surface area (TPSA) is 112 Å². The Kier molecular flexibility index (Phi) is 6.06. The van der Waals surface area contributed by atoms with Crippen LogP contribution in [0.25, 0.3) is 11.1 Å². The number of benzene rings is 2. The minimum absolute atomic E-state index is 0.243. The van der Waals surface area contributed by atoms with E-state index in [1.807, 2.05) is 48.5 Å². The molecule has 6 nitrogen and oxygen atoms in total. The lowest BCUT2D eigenvalue weighted by Crippen LogP contribution is -2.58.